The van der Waals surface area contributed by atoms with E-state index in [2.05, 4.69) is 25.7 Å². The molecule has 0 radical (unpaired) electrons. The Morgan fingerprint density at radius 3 is 2.41 bits per heavy atom. The van der Waals surface area contributed by atoms with E-state index in [1.165, 1.54) is 18.9 Å². The molecule has 0 amide bonds. The summed E-state index contributed by atoms with van der Waals surface area (Å²) in [5, 5.41) is 3.48. The number of nitrogens with zero attached hydrogens (tertiary/aromatic N) is 1. The van der Waals surface area contributed by atoms with Crippen molar-refractivity contribution < 1.29 is 28.7 Å². The maximum Gasteiger partial charge on any atom is 0.333 e. The zero-order chi connectivity index (χ0) is 33.3. The van der Waals surface area contributed by atoms with E-state index < -0.39 is 35.3 Å². The van der Waals surface area contributed by atoms with Crippen LogP contribution in [0, 0.1) is 23.2 Å². The van der Waals surface area contributed by atoms with Crippen LogP contribution < -0.4 is 5.32 Å². The molecular weight excluding hydrogens is 580 g/mol. The number of fused-ring (bicyclic) bond motifs is 1. The van der Waals surface area contributed by atoms with Gasteiger partial charge in [0.05, 0.1) is 17.9 Å². The molecule has 4 rings (SSSR count). The lowest BCUT2D eigenvalue weighted by Gasteiger charge is -2.48. The Labute approximate surface area is 275 Å². The summed E-state index contributed by atoms with van der Waals surface area (Å²) in [6.45, 7) is 11.8. The number of hydrogen-bond donors (Lipinski definition) is 1. The van der Waals surface area contributed by atoms with Crippen LogP contribution in [-0.2, 0) is 28.7 Å². The fourth-order valence-electron chi connectivity index (χ4n) is 7.94. The van der Waals surface area contributed by atoms with Crippen LogP contribution in [0.1, 0.15) is 130 Å². The third-order valence-electron chi connectivity index (χ3n) is 10.8. The van der Waals surface area contributed by atoms with Crippen LogP contribution in [0.15, 0.2) is 40.4 Å². The summed E-state index contributed by atoms with van der Waals surface area (Å²) in [6.07, 6.45) is 18.6. The minimum Gasteiger partial charge on any atom is -0.454 e. The van der Waals surface area contributed by atoms with Crippen molar-refractivity contribution in [1.82, 2.24) is 5.32 Å². The predicted octanol–water partition coefficient (Wildman–Crippen LogP) is 7.51. The molecular formula is C38H56N2O6. The summed E-state index contributed by atoms with van der Waals surface area (Å²) in [5.41, 5.74) is 0.467. The first-order valence-corrected chi connectivity index (χ1v) is 17.9. The predicted molar refractivity (Wildman–Crippen MR) is 180 cm³/mol. The Bertz CT molecular complexity index is 1220. The fourth-order valence-corrected chi connectivity index (χ4v) is 7.94. The molecule has 0 saturated heterocycles. The van der Waals surface area contributed by atoms with Gasteiger partial charge < -0.3 is 14.8 Å². The second-order valence-corrected chi connectivity index (χ2v) is 14.5. The van der Waals surface area contributed by atoms with Gasteiger partial charge in [-0.25, -0.2) is 9.79 Å². The van der Waals surface area contributed by atoms with Crippen LogP contribution in [-0.4, -0.2) is 48.2 Å². The first-order valence-electron chi connectivity index (χ1n) is 17.9. The lowest BCUT2D eigenvalue weighted by molar-refractivity contribution is -0.152. The van der Waals surface area contributed by atoms with Crippen molar-refractivity contribution in [2.24, 2.45) is 28.2 Å². The molecule has 5 atom stereocenters. The highest BCUT2D eigenvalue weighted by atomic mass is 16.6. The number of nitrogens with one attached hydrogen (secondary N) is 1. The second-order valence-electron chi connectivity index (χ2n) is 14.5. The molecule has 0 bridgehead atoms. The van der Waals surface area contributed by atoms with Gasteiger partial charge in [-0.05, 0) is 81.4 Å². The fraction of sp³-hybridized carbons (Fsp3) is 0.711. The van der Waals surface area contributed by atoms with Crippen LogP contribution in [0.5, 0.6) is 0 Å². The van der Waals surface area contributed by atoms with Gasteiger partial charge >= 0.3 is 11.9 Å². The van der Waals surface area contributed by atoms with Crippen LogP contribution in [0.4, 0.5) is 0 Å². The van der Waals surface area contributed by atoms with Crippen molar-refractivity contribution in [1.29, 1.82) is 0 Å². The second kappa shape index (κ2) is 16.7. The zero-order valence-corrected chi connectivity index (χ0v) is 28.6. The van der Waals surface area contributed by atoms with Crippen molar-refractivity contribution in [3.05, 3.63) is 35.5 Å². The number of aldehydes is 1. The molecule has 4 aliphatic rings. The van der Waals surface area contributed by atoms with Crippen molar-refractivity contribution in [2.75, 3.05) is 0 Å². The summed E-state index contributed by atoms with van der Waals surface area (Å²) in [4.78, 5) is 57.4. The molecule has 0 aromatic heterocycles. The molecule has 254 valence electrons. The quantitative estimate of drug-likeness (QED) is 0.0821. The monoisotopic (exact) mass is 636 g/mol. The van der Waals surface area contributed by atoms with Crippen molar-refractivity contribution in [2.45, 2.75) is 149 Å². The number of carbonyl (C=O) groups is 4. The number of rotatable bonds is 11. The molecule has 3 saturated carbocycles. The molecule has 4 aliphatic carbocycles. The lowest BCUT2D eigenvalue weighted by Crippen LogP contribution is -2.50. The highest BCUT2D eigenvalue weighted by molar-refractivity contribution is 6.00. The van der Waals surface area contributed by atoms with Crippen LogP contribution in [0.2, 0.25) is 0 Å². The van der Waals surface area contributed by atoms with E-state index >= 15 is 0 Å². The Morgan fingerprint density at radius 2 is 1.76 bits per heavy atom. The maximum absolute atomic E-state index is 14.2. The van der Waals surface area contributed by atoms with Crippen LogP contribution in [0.3, 0.4) is 0 Å². The standard InChI is InChI=1S/C38H56N2O6/c1-6-7-14-25(2)21-26(3)35(43)45-34-20-19-31(38(5)23-30(27(4)24-41)33(42)22-32(34)38)36(44)46-37(39-28-15-10-8-11-16-28)40-29-17-12-9-13-18-29/h21-22,24-25,28-31,34H,4,6-20,23H2,1-3,5H3,(H,39,40)/b26-21+/t25?,30-,31+,34+,38+/m0/s1. The van der Waals surface area contributed by atoms with E-state index in [0.717, 1.165) is 70.6 Å². The summed E-state index contributed by atoms with van der Waals surface area (Å²) in [5.74, 6) is -2.17. The van der Waals surface area contributed by atoms with E-state index in [0.29, 0.717) is 36.3 Å². The van der Waals surface area contributed by atoms with E-state index in [1.54, 1.807) is 6.92 Å². The molecule has 46 heavy (non-hydrogen) atoms. The van der Waals surface area contributed by atoms with Gasteiger partial charge in [-0.2, -0.15) is 0 Å². The van der Waals surface area contributed by atoms with Gasteiger partial charge in [0, 0.05) is 17.0 Å². The zero-order valence-electron chi connectivity index (χ0n) is 28.6. The molecule has 0 aliphatic heterocycles. The number of aliphatic imine (C=N–C) groups is 1. The average molecular weight is 637 g/mol. The molecule has 8 heteroatoms. The molecule has 3 fully saturated rings. The summed E-state index contributed by atoms with van der Waals surface area (Å²) in [6, 6.07) is 0.659. The van der Waals surface area contributed by atoms with E-state index in [-0.39, 0.29) is 35.8 Å². The first-order chi connectivity index (χ1) is 22.0. The number of unbranched alkanes of at least 4 members (excludes halogenated alkanes) is 1. The Morgan fingerprint density at radius 1 is 1.09 bits per heavy atom. The number of ketones is 1. The van der Waals surface area contributed by atoms with E-state index in [1.807, 2.05) is 13.0 Å². The van der Waals surface area contributed by atoms with Crippen molar-refractivity contribution >= 4 is 30.0 Å². The highest BCUT2D eigenvalue weighted by Gasteiger charge is 2.54. The maximum atomic E-state index is 14.2. The third-order valence-corrected chi connectivity index (χ3v) is 10.8. The van der Waals surface area contributed by atoms with Gasteiger partial charge in [-0.15, -0.1) is 0 Å². The van der Waals surface area contributed by atoms with Gasteiger partial charge in [0.2, 0.25) is 0 Å². The van der Waals surface area contributed by atoms with Gasteiger partial charge in [0.15, 0.2) is 5.78 Å². The minimum absolute atomic E-state index is 0.127. The molecule has 0 heterocycles. The van der Waals surface area contributed by atoms with Crippen molar-refractivity contribution in [3.63, 3.8) is 0 Å². The third kappa shape index (κ3) is 9.07. The highest BCUT2D eigenvalue weighted by Crippen LogP contribution is 2.53. The average Bonchev–Trinajstić information content (AvgIpc) is 3.04. The molecule has 1 unspecified atom stereocenters. The molecule has 8 nitrogen and oxygen atoms in total. The van der Waals surface area contributed by atoms with Crippen LogP contribution >= 0.6 is 0 Å². The van der Waals surface area contributed by atoms with Gasteiger partial charge in [-0.1, -0.05) is 84.8 Å². The molecule has 0 aromatic rings. The SMILES string of the molecule is C=C(C=O)[C@@H]1C[C@@]2(C)C(=CC1=O)[C@H](OC(=O)/C(C)=C/C(C)CCCC)CC[C@@H]2C(=O)OC(=NC1CCCCC1)NC1CCCCC1. The smallest absolute Gasteiger partial charge is 0.333 e. The molecule has 0 aromatic carbocycles. The normalized spacial score (nSPS) is 28.8. The lowest BCUT2D eigenvalue weighted by atomic mass is 9.56. The Hall–Kier alpha value is -3.03. The number of amidine groups is 1. The topological polar surface area (TPSA) is 111 Å². The molecule has 0 spiro atoms. The largest absolute Gasteiger partial charge is 0.454 e. The number of ether oxygens (including phenoxy) is 2. The van der Waals surface area contributed by atoms with Gasteiger partial charge in [-0.3, -0.25) is 14.4 Å². The van der Waals surface area contributed by atoms with E-state index in [9.17, 15) is 19.2 Å². The number of carbonyl (C=O) groups excluding carboxylic acids is 4. The van der Waals surface area contributed by atoms with Gasteiger partial charge in [0.1, 0.15) is 12.4 Å². The van der Waals surface area contributed by atoms with E-state index in [4.69, 9.17) is 14.5 Å². The summed E-state index contributed by atoms with van der Waals surface area (Å²) >= 11 is 0. The van der Waals surface area contributed by atoms with Crippen LogP contribution in [0.25, 0.3) is 0 Å². The first kappa shape index (κ1) is 35.8. The Kier molecular flexibility index (Phi) is 13.0. The Balaban J connectivity index is 1.58. The van der Waals surface area contributed by atoms with Crippen molar-refractivity contribution in [3.8, 4) is 0 Å². The number of allylic oxidation sites excluding steroid dienone is 3. The van der Waals surface area contributed by atoms with Gasteiger partial charge in [0.25, 0.3) is 6.02 Å². The summed E-state index contributed by atoms with van der Waals surface area (Å²) in [7, 11) is 0. The summed E-state index contributed by atoms with van der Waals surface area (Å²) < 4.78 is 12.2. The number of hydrogen-bond acceptors (Lipinski definition) is 7. The minimum atomic E-state index is -0.877. The molecule has 1 N–H and O–H groups in total. The number of esters is 2.